The fraction of sp³-hybridized carbons (Fsp3) is 0.643. The number of ether oxygens (including phenoxy) is 2. The number of nitrogens with zero attached hydrogens (tertiary/aromatic N) is 1. The molecule has 20 heavy (non-hydrogen) atoms. The average Bonchev–Trinajstić information content (AvgIpc) is 2.87. The van der Waals surface area contributed by atoms with Gasteiger partial charge in [0.1, 0.15) is 5.60 Å². The van der Waals surface area contributed by atoms with Crippen LogP contribution in [-0.4, -0.2) is 38.9 Å². The maximum Gasteiger partial charge on any atom is 0.188 e. The summed E-state index contributed by atoms with van der Waals surface area (Å²) >= 11 is 1.79. The molecule has 1 aliphatic heterocycles. The summed E-state index contributed by atoms with van der Waals surface area (Å²) in [6.45, 7) is 5.94. The van der Waals surface area contributed by atoms with E-state index in [1.54, 1.807) is 18.4 Å². The van der Waals surface area contributed by atoms with E-state index >= 15 is 0 Å². The van der Waals surface area contributed by atoms with Gasteiger partial charge >= 0.3 is 0 Å². The third-order valence-corrected chi connectivity index (χ3v) is 4.41. The van der Waals surface area contributed by atoms with Gasteiger partial charge in [0.2, 0.25) is 0 Å². The molecule has 0 fully saturated rings. The Labute approximate surface area is 124 Å². The molecule has 0 spiro atoms. The number of aliphatic imine (C=N–C) groups is 1. The summed E-state index contributed by atoms with van der Waals surface area (Å²) < 4.78 is 11.0. The lowest BCUT2D eigenvalue weighted by Crippen LogP contribution is -2.42. The Morgan fingerprint density at radius 1 is 1.70 bits per heavy atom. The van der Waals surface area contributed by atoms with Crippen LogP contribution in [0.1, 0.15) is 24.3 Å². The molecule has 3 N–H and O–H groups in total. The molecule has 0 aromatic carbocycles. The van der Waals surface area contributed by atoms with Gasteiger partial charge in [-0.1, -0.05) is 0 Å². The van der Waals surface area contributed by atoms with Crippen molar-refractivity contribution in [1.29, 1.82) is 0 Å². The summed E-state index contributed by atoms with van der Waals surface area (Å²) in [6.07, 6.45) is 0.991. The third-order valence-electron chi connectivity index (χ3n) is 3.43. The number of nitrogens with one attached hydrogen (secondary N) is 1. The van der Waals surface area contributed by atoms with Crippen LogP contribution < -0.4 is 11.1 Å². The highest BCUT2D eigenvalue weighted by molar-refractivity contribution is 7.10. The van der Waals surface area contributed by atoms with Crippen molar-refractivity contribution < 1.29 is 9.47 Å². The lowest BCUT2D eigenvalue weighted by molar-refractivity contribution is -0.0375. The van der Waals surface area contributed by atoms with Crippen LogP contribution in [-0.2, 0) is 21.5 Å². The molecule has 1 aliphatic rings. The summed E-state index contributed by atoms with van der Waals surface area (Å²) in [5, 5.41) is 5.22. The van der Waals surface area contributed by atoms with Crippen molar-refractivity contribution in [3.63, 3.8) is 0 Å². The zero-order chi connectivity index (χ0) is 14.6. The normalized spacial score (nSPS) is 24.2. The molecule has 112 valence electrons. The van der Waals surface area contributed by atoms with Crippen molar-refractivity contribution in [1.82, 2.24) is 5.32 Å². The predicted molar refractivity (Wildman–Crippen MR) is 82.3 cm³/mol. The molecule has 5 nitrogen and oxygen atoms in total. The van der Waals surface area contributed by atoms with Gasteiger partial charge in [-0.05, 0) is 30.9 Å². The fourth-order valence-electron chi connectivity index (χ4n) is 2.41. The maximum absolute atomic E-state index is 5.94. The van der Waals surface area contributed by atoms with E-state index < -0.39 is 0 Å². The van der Waals surface area contributed by atoms with Crippen LogP contribution in [0, 0.1) is 0 Å². The first-order chi connectivity index (χ1) is 9.55. The number of thiophene rings is 1. The number of guanidine groups is 1. The lowest BCUT2D eigenvalue weighted by atomic mass is 9.93. The molecular formula is C14H23N3O2S. The number of hydrogen-bond donors (Lipinski definition) is 2. The van der Waals surface area contributed by atoms with Crippen molar-refractivity contribution >= 4 is 17.3 Å². The summed E-state index contributed by atoms with van der Waals surface area (Å²) in [7, 11) is 1.67. The van der Waals surface area contributed by atoms with Crippen LogP contribution in [0.2, 0.25) is 0 Å². The van der Waals surface area contributed by atoms with Crippen LogP contribution in [0.3, 0.4) is 0 Å². The van der Waals surface area contributed by atoms with Crippen LogP contribution in [0.5, 0.6) is 0 Å². The molecule has 2 heterocycles. The Hall–Kier alpha value is -1.11. The van der Waals surface area contributed by atoms with Crippen molar-refractivity contribution in [2.75, 3.05) is 26.9 Å². The van der Waals surface area contributed by atoms with E-state index in [0.717, 1.165) is 13.0 Å². The first kappa shape index (κ1) is 15.3. The van der Waals surface area contributed by atoms with Crippen LogP contribution in [0.25, 0.3) is 0 Å². The van der Waals surface area contributed by atoms with Crippen molar-refractivity contribution in [2.45, 2.75) is 31.9 Å². The first-order valence-corrected chi connectivity index (χ1v) is 7.69. The first-order valence-electron chi connectivity index (χ1n) is 6.81. The number of nitrogens with two attached hydrogens (primary N) is 1. The Kier molecular flexibility index (Phi) is 5.01. The van der Waals surface area contributed by atoms with Gasteiger partial charge in [-0.2, -0.15) is 0 Å². The SMILES string of the molecule is COCC(C)NC(N)=NCC1(C)OCCc2sccc21. The standard InChI is InChI=1S/C14H23N3O2S/c1-10(8-18-3)17-13(15)16-9-14(2)11-5-7-20-12(11)4-6-19-14/h5,7,10H,4,6,8-9H2,1-3H3,(H3,15,16,17). The Balaban J connectivity index is 2.00. The monoisotopic (exact) mass is 297 g/mol. The maximum atomic E-state index is 5.94. The van der Waals surface area contributed by atoms with Crippen LogP contribution in [0.4, 0.5) is 0 Å². The van der Waals surface area contributed by atoms with Crippen LogP contribution >= 0.6 is 11.3 Å². The molecule has 0 amide bonds. The lowest BCUT2D eigenvalue weighted by Gasteiger charge is -2.33. The number of methoxy groups -OCH3 is 1. The second-order valence-electron chi connectivity index (χ2n) is 5.29. The Bertz CT molecular complexity index is 475. The van der Waals surface area contributed by atoms with Gasteiger partial charge in [0.25, 0.3) is 0 Å². The molecule has 2 rings (SSSR count). The number of fused-ring (bicyclic) bond motifs is 1. The van der Waals surface area contributed by atoms with Crippen LogP contribution in [0.15, 0.2) is 16.4 Å². The largest absolute Gasteiger partial charge is 0.383 e. The van der Waals surface area contributed by atoms with Gasteiger partial charge < -0.3 is 20.5 Å². The van der Waals surface area contributed by atoms with E-state index in [4.69, 9.17) is 15.2 Å². The van der Waals surface area contributed by atoms with Crippen molar-refractivity contribution in [3.05, 3.63) is 21.9 Å². The summed E-state index contributed by atoms with van der Waals surface area (Å²) in [6, 6.07) is 2.27. The molecular weight excluding hydrogens is 274 g/mol. The number of hydrogen-bond acceptors (Lipinski definition) is 4. The highest BCUT2D eigenvalue weighted by Crippen LogP contribution is 2.36. The predicted octanol–water partition coefficient (Wildman–Crippen LogP) is 1.48. The molecule has 0 aliphatic carbocycles. The molecule has 1 aromatic heterocycles. The fourth-order valence-corrected chi connectivity index (χ4v) is 3.39. The molecule has 0 saturated carbocycles. The molecule has 0 saturated heterocycles. The van der Waals surface area contributed by atoms with Crippen molar-refractivity contribution in [3.8, 4) is 0 Å². The quantitative estimate of drug-likeness (QED) is 0.638. The smallest absolute Gasteiger partial charge is 0.188 e. The average molecular weight is 297 g/mol. The molecule has 0 bridgehead atoms. The van der Waals surface area contributed by atoms with Crippen molar-refractivity contribution in [2.24, 2.45) is 10.7 Å². The Morgan fingerprint density at radius 2 is 2.50 bits per heavy atom. The van der Waals surface area contributed by atoms with E-state index in [0.29, 0.717) is 19.1 Å². The van der Waals surface area contributed by atoms with Gasteiger partial charge in [-0.15, -0.1) is 11.3 Å². The third kappa shape index (κ3) is 3.50. The van der Waals surface area contributed by atoms with Gasteiger partial charge in [0.05, 0.1) is 19.8 Å². The molecule has 2 unspecified atom stereocenters. The minimum absolute atomic E-state index is 0.139. The topological polar surface area (TPSA) is 68.9 Å². The highest BCUT2D eigenvalue weighted by atomic mass is 32.1. The molecule has 0 radical (unpaired) electrons. The number of rotatable bonds is 5. The van der Waals surface area contributed by atoms with E-state index in [9.17, 15) is 0 Å². The zero-order valence-electron chi connectivity index (χ0n) is 12.3. The van der Waals surface area contributed by atoms with Gasteiger partial charge in [-0.25, -0.2) is 0 Å². The minimum atomic E-state index is -0.371. The van der Waals surface area contributed by atoms with E-state index in [1.165, 1.54) is 10.4 Å². The molecule has 1 aromatic rings. The zero-order valence-corrected chi connectivity index (χ0v) is 13.1. The second kappa shape index (κ2) is 6.56. The van der Waals surface area contributed by atoms with E-state index in [-0.39, 0.29) is 11.6 Å². The summed E-state index contributed by atoms with van der Waals surface area (Å²) in [5.41, 5.74) is 6.78. The molecule has 6 heteroatoms. The summed E-state index contributed by atoms with van der Waals surface area (Å²) in [5.74, 6) is 0.432. The van der Waals surface area contributed by atoms with Gasteiger partial charge in [0, 0.05) is 24.4 Å². The highest BCUT2D eigenvalue weighted by Gasteiger charge is 2.33. The molecule has 2 atom stereocenters. The van der Waals surface area contributed by atoms with E-state index in [1.807, 2.05) is 6.92 Å². The summed E-state index contributed by atoms with van der Waals surface area (Å²) in [4.78, 5) is 5.82. The minimum Gasteiger partial charge on any atom is -0.383 e. The van der Waals surface area contributed by atoms with Gasteiger partial charge in [0.15, 0.2) is 5.96 Å². The second-order valence-corrected chi connectivity index (χ2v) is 6.29. The van der Waals surface area contributed by atoms with E-state index in [2.05, 4.69) is 28.7 Å². The Morgan fingerprint density at radius 3 is 3.25 bits per heavy atom. The van der Waals surface area contributed by atoms with Gasteiger partial charge in [-0.3, -0.25) is 4.99 Å².